The third kappa shape index (κ3) is 3.03. The first-order valence-corrected chi connectivity index (χ1v) is 10.1. The summed E-state index contributed by atoms with van der Waals surface area (Å²) in [7, 11) is 0. The number of para-hydroxylation sites is 1. The lowest BCUT2D eigenvalue weighted by Crippen LogP contribution is -2.54. The van der Waals surface area contributed by atoms with Gasteiger partial charge in [0.15, 0.2) is 0 Å². The largest absolute Gasteiger partial charge is 0.392 e. The van der Waals surface area contributed by atoms with E-state index in [2.05, 4.69) is 28.1 Å². The number of hydrogen-bond donors (Lipinski definition) is 1. The second kappa shape index (κ2) is 7.21. The summed E-state index contributed by atoms with van der Waals surface area (Å²) in [6.07, 6.45) is 1.86. The van der Waals surface area contributed by atoms with Gasteiger partial charge in [0.1, 0.15) is 6.29 Å². The van der Waals surface area contributed by atoms with E-state index in [9.17, 15) is 9.90 Å². The molecule has 2 aliphatic rings. The normalized spacial score (nSPS) is 30.4. The van der Waals surface area contributed by atoms with Gasteiger partial charge in [-0.1, -0.05) is 46.3 Å². The number of aldehydes is 1. The number of hydrazone groups is 1. The molecule has 140 valence electrons. The Kier molecular flexibility index (Phi) is 4.91. The molecular formula is C22H23BrN2O2. The number of anilines is 1. The van der Waals surface area contributed by atoms with Crippen LogP contribution in [-0.4, -0.2) is 29.8 Å². The Morgan fingerprint density at radius 1 is 1.15 bits per heavy atom. The van der Waals surface area contributed by atoms with Gasteiger partial charge in [-0.05, 0) is 49.6 Å². The summed E-state index contributed by atoms with van der Waals surface area (Å²) in [5.41, 5.74) is 2.42. The van der Waals surface area contributed by atoms with Gasteiger partial charge in [-0.3, -0.25) is 5.01 Å². The molecule has 1 unspecified atom stereocenters. The second-order valence-corrected chi connectivity index (χ2v) is 8.46. The molecule has 5 heteroatoms. The number of carbonyl (C=O) groups excluding carboxylic acids is 1. The SMILES string of the molecule is CC1=NN(c2ccccc2)CC12[C@H](c1ccc(Br)cc1)[C@@H](C=O)CC[C@@H]2O. The van der Waals surface area contributed by atoms with Gasteiger partial charge in [-0.15, -0.1) is 0 Å². The topological polar surface area (TPSA) is 52.9 Å². The van der Waals surface area contributed by atoms with Crippen LogP contribution in [0.4, 0.5) is 5.69 Å². The minimum absolute atomic E-state index is 0.0932. The predicted octanol–water partition coefficient (Wildman–Crippen LogP) is 4.39. The zero-order valence-electron chi connectivity index (χ0n) is 15.3. The van der Waals surface area contributed by atoms with Gasteiger partial charge in [-0.25, -0.2) is 0 Å². The maximum absolute atomic E-state index is 12.0. The van der Waals surface area contributed by atoms with E-state index >= 15 is 0 Å². The molecule has 0 saturated heterocycles. The highest BCUT2D eigenvalue weighted by Gasteiger charge is 2.57. The van der Waals surface area contributed by atoms with E-state index in [0.717, 1.165) is 27.7 Å². The van der Waals surface area contributed by atoms with Crippen LogP contribution in [-0.2, 0) is 4.79 Å². The third-order valence-corrected chi connectivity index (χ3v) is 6.69. The molecule has 1 saturated carbocycles. The molecule has 2 aromatic carbocycles. The van der Waals surface area contributed by atoms with Gasteiger partial charge in [0.25, 0.3) is 0 Å². The molecule has 1 heterocycles. The summed E-state index contributed by atoms with van der Waals surface area (Å²) in [6, 6.07) is 18.1. The fraction of sp³-hybridized carbons (Fsp3) is 0.364. The molecule has 1 aliphatic heterocycles. The lowest BCUT2D eigenvalue weighted by Gasteiger charge is -2.48. The van der Waals surface area contributed by atoms with Crippen LogP contribution in [0, 0.1) is 11.3 Å². The second-order valence-electron chi connectivity index (χ2n) is 7.54. The van der Waals surface area contributed by atoms with Crippen molar-refractivity contribution in [3.63, 3.8) is 0 Å². The zero-order chi connectivity index (χ0) is 19.0. The first kappa shape index (κ1) is 18.4. The molecule has 1 aliphatic carbocycles. The predicted molar refractivity (Wildman–Crippen MR) is 111 cm³/mol. The summed E-state index contributed by atoms with van der Waals surface area (Å²) in [6.45, 7) is 2.57. The van der Waals surface area contributed by atoms with Gasteiger partial charge < -0.3 is 9.90 Å². The Morgan fingerprint density at radius 2 is 1.85 bits per heavy atom. The van der Waals surface area contributed by atoms with E-state index in [0.29, 0.717) is 19.4 Å². The first-order valence-electron chi connectivity index (χ1n) is 9.33. The number of carbonyl (C=O) groups is 1. The zero-order valence-corrected chi connectivity index (χ0v) is 16.8. The van der Waals surface area contributed by atoms with Gasteiger partial charge >= 0.3 is 0 Å². The van der Waals surface area contributed by atoms with Crippen LogP contribution in [0.15, 0.2) is 64.2 Å². The highest BCUT2D eigenvalue weighted by molar-refractivity contribution is 9.10. The van der Waals surface area contributed by atoms with Gasteiger partial charge in [0.05, 0.1) is 23.8 Å². The number of rotatable bonds is 3. The van der Waals surface area contributed by atoms with E-state index in [-0.39, 0.29) is 11.8 Å². The fourth-order valence-corrected chi connectivity index (χ4v) is 5.08. The van der Waals surface area contributed by atoms with Crippen LogP contribution in [0.1, 0.15) is 31.2 Å². The minimum atomic E-state index is -0.562. The number of halogens is 1. The maximum Gasteiger partial charge on any atom is 0.123 e. The van der Waals surface area contributed by atoms with Crippen LogP contribution in [0.3, 0.4) is 0 Å². The van der Waals surface area contributed by atoms with Crippen molar-refractivity contribution in [3.05, 3.63) is 64.6 Å². The molecule has 4 atom stereocenters. The first-order chi connectivity index (χ1) is 13.1. The summed E-state index contributed by atoms with van der Waals surface area (Å²) in [5, 5.41) is 17.9. The monoisotopic (exact) mass is 426 g/mol. The van der Waals surface area contributed by atoms with E-state index in [1.165, 1.54) is 0 Å². The van der Waals surface area contributed by atoms with Crippen LogP contribution < -0.4 is 5.01 Å². The molecule has 4 nitrogen and oxygen atoms in total. The van der Waals surface area contributed by atoms with E-state index in [1.54, 1.807) is 0 Å². The average molecular weight is 427 g/mol. The molecule has 1 N–H and O–H groups in total. The summed E-state index contributed by atoms with van der Waals surface area (Å²) >= 11 is 3.49. The van der Waals surface area contributed by atoms with Crippen molar-refractivity contribution in [2.24, 2.45) is 16.4 Å². The number of aliphatic hydroxyl groups excluding tert-OH is 1. The average Bonchev–Trinajstić information content (AvgIpc) is 3.03. The number of aliphatic hydroxyl groups is 1. The maximum atomic E-state index is 12.0. The van der Waals surface area contributed by atoms with E-state index in [1.807, 2.05) is 54.4 Å². The standard InChI is InChI=1S/C22H23BrN2O2/c1-15-22(14-25(24-15)19-5-3-2-4-6-19)20(27)12-9-17(13-26)21(22)16-7-10-18(23)11-8-16/h2-8,10-11,13,17,20-21,27H,9,12,14H2,1H3/t17-,20+,21-,22?/m1/s1. The lowest BCUT2D eigenvalue weighted by atomic mass is 9.56. The summed E-state index contributed by atoms with van der Waals surface area (Å²) < 4.78 is 1.00. The fourth-order valence-electron chi connectivity index (χ4n) is 4.82. The highest BCUT2D eigenvalue weighted by Crippen LogP contribution is 2.53. The Balaban J connectivity index is 1.80. The van der Waals surface area contributed by atoms with Crippen LogP contribution in [0.2, 0.25) is 0 Å². The quantitative estimate of drug-likeness (QED) is 0.740. The van der Waals surface area contributed by atoms with Crippen molar-refractivity contribution >= 4 is 33.6 Å². The molecule has 4 rings (SSSR count). The van der Waals surface area contributed by atoms with Gasteiger partial charge in [-0.2, -0.15) is 5.10 Å². The summed E-state index contributed by atoms with van der Waals surface area (Å²) in [4.78, 5) is 12.0. The minimum Gasteiger partial charge on any atom is -0.392 e. The van der Waals surface area contributed by atoms with Gasteiger partial charge in [0.2, 0.25) is 0 Å². The van der Waals surface area contributed by atoms with E-state index < -0.39 is 11.5 Å². The van der Waals surface area contributed by atoms with Crippen molar-refractivity contribution < 1.29 is 9.90 Å². The van der Waals surface area contributed by atoms with Gasteiger partial charge in [0, 0.05) is 22.0 Å². The Labute approximate surface area is 168 Å². The highest BCUT2D eigenvalue weighted by atomic mass is 79.9. The Bertz CT molecular complexity index is 852. The van der Waals surface area contributed by atoms with Crippen LogP contribution in [0.5, 0.6) is 0 Å². The van der Waals surface area contributed by atoms with Crippen molar-refractivity contribution in [2.75, 3.05) is 11.6 Å². The molecule has 0 amide bonds. The Hall–Kier alpha value is -1.98. The van der Waals surface area contributed by atoms with Crippen molar-refractivity contribution in [3.8, 4) is 0 Å². The summed E-state index contributed by atoms with van der Waals surface area (Å²) in [5.74, 6) is -0.222. The van der Waals surface area contributed by atoms with Crippen LogP contribution >= 0.6 is 15.9 Å². The third-order valence-electron chi connectivity index (χ3n) is 6.17. The van der Waals surface area contributed by atoms with Crippen LogP contribution in [0.25, 0.3) is 0 Å². The molecule has 27 heavy (non-hydrogen) atoms. The molecule has 2 aromatic rings. The Morgan fingerprint density at radius 3 is 2.52 bits per heavy atom. The number of hydrogen-bond acceptors (Lipinski definition) is 4. The molecule has 0 radical (unpaired) electrons. The van der Waals surface area contributed by atoms with Crippen molar-refractivity contribution in [1.29, 1.82) is 0 Å². The smallest absolute Gasteiger partial charge is 0.123 e. The number of benzene rings is 2. The van der Waals surface area contributed by atoms with Crippen molar-refractivity contribution in [2.45, 2.75) is 31.8 Å². The molecule has 1 spiro atoms. The van der Waals surface area contributed by atoms with E-state index in [4.69, 9.17) is 5.10 Å². The molecule has 0 aromatic heterocycles. The number of nitrogens with zero attached hydrogens (tertiary/aromatic N) is 2. The molecular weight excluding hydrogens is 404 g/mol. The molecule has 1 fully saturated rings. The van der Waals surface area contributed by atoms with Crippen molar-refractivity contribution in [1.82, 2.24) is 0 Å². The lowest BCUT2D eigenvalue weighted by molar-refractivity contribution is -0.115. The molecule has 0 bridgehead atoms.